The summed E-state index contributed by atoms with van der Waals surface area (Å²) in [5.41, 5.74) is 3.33. The average Bonchev–Trinajstić information content (AvgIpc) is 2.36. The molecule has 17 heavy (non-hydrogen) atoms. The van der Waals surface area contributed by atoms with Crippen LogP contribution in [0.15, 0.2) is 48.4 Å². The molecule has 2 heteroatoms. The minimum absolute atomic E-state index is 1.02. The molecule has 1 nitrogen and oxygen atoms in total. The van der Waals surface area contributed by atoms with Gasteiger partial charge < -0.3 is 0 Å². The molecule has 0 spiro atoms. The van der Waals surface area contributed by atoms with Gasteiger partial charge in [0, 0.05) is 10.3 Å². The number of aromatic nitrogens is 1. The summed E-state index contributed by atoms with van der Waals surface area (Å²) in [6, 6.07) is 10.4. The number of hydrogen-bond donors (Lipinski definition) is 0. The first-order valence-electron chi connectivity index (χ1n) is 5.57. The van der Waals surface area contributed by atoms with Crippen molar-refractivity contribution in [3.8, 4) is 0 Å². The van der Waals surface area contributed by atoms with Crippen LogP contribution in [0.4, 0.5) is 0 Å². The number of thioether (sulfide) groups is 1. The molecule has 0 saturated heterocycles. The second kappa shape index (κ2) is 5.19. The van der Waals surface area contributed by atoms with Crippen LogP contribution in [0.25, 0.3) is 15.8 Å². The number of fused-ring (bicyclic) bond motifs is 1. The van der Waals surface area contributed by atoms with Gasteiger partial charge in [-0.05, 0) is 37.0 Å². The lowest BCUT2D eigenvalue weighted by Crippen LogP contribution is -1.90. The molecule has 0 N–H and O–H groups in total. The average molecular weight is 241 g/mol. The highest BCUT2D eigenvalue weighted by Crippen LogP contribution is 2.29. The van der Waals surface area contributed by atoms with Gasteiger partial charge in [0.2, 0.25) is 0 Å². The van der Waals surface area contributed by atoms with E-state index in [0.29, 0.717) is 0 Å². The number of rotatable bonds is 3. The second-order valence-corrected chi connectivity index (χ2v) is 4.79. The van der Waals surface area contributed by atoms with Gasteiger partial charge in [-0.2, -0.15) is 0 Å². The third-order valence-electron chi connectivity index (χ3n) is 2.65. The van der Waals surface area contributed by atoms with Crippen LogP contribution in [0.5, 0.6) is 0 Å². The van der Waals surface area contributed by atoms with Gasteiger partial charge in [-0.3, -0.25) is 0 Å². The Morgan fingerprint density at radius 3 is 2.82 bits per heavy atom. The summed E-state index contributed by atoms with van der Waals surface area (Å²) in [4.78, 5) is 5.84. The highest BCUT2D eigenvalue weighted by molar-refractivity contribution is 8.10. The fourth-order valence-corrected chi connectivity index (χ4v) is 2.38. The number of benzene rings is 1. The normalized spacial score (nSPS) is 11.8. The molecule has 0 aliphatic rings. The van der Waals surface area contributed by atoms with Gasteiger partial charge in [0.05, 0.1) is 11.2 Å². The minimum Gasteiger partial charge on any atom is -0.247 e. The van der Waals surface area contributed by atoms with Gasteiger partial charge in [0.15, 0.2) is 0 Å². The SMILES string of the molecule is C=CS/C(=C\C)c1cc(C)c2ccccc2n1. The molecule has 1 heterocycles. The lowest BCUT2D eigenvalue weighted by atomic mass is 10.1. The number of pyridine rings is 1. The number of aryl methyl sites for hydroxylation is 1. The molecule has 0 aliphatic carbocycles. The largest absolute Gasteiger partial charge is 0.247 e. The lowest BCUT2D eigenvalue weighted by molar-refractivity contribution is 1.33. The molecule has 1 aromatic heterocycles. The summed E-state index contributed by atoms with van der Waals surface area (Å²) in [6.07, 6.45) is 2.07. The van der Waals surface area contributed by atoms with Gasteiger partial charge in [0.25, 0.3) is 0 Å². The molecular weight excluding hydrogens is 226 g/mol. The van der Waals surface area contributed by atoms with E-state index in [1.807, 2.05) is 24.5 Å². The summed E-state index contributed by atoms with van der Waals surface area (Å²) < 4.78 is 0. The molecule has 0 atom stereocenters. The standard InChI is InChI=1S/C15H15NS/c1-4-15(17-5-2)14-10-11(3)12-8-6-7-9-13(12)16-14/h4-10H,2H2,1,3H3/b15-4-. The van der Waals surface area contributed by atoms with Gasteiger partial charge in [-0.25, -0.2) is 4.98 Å². The quantitative estimate of drug-likeness (QED) is 0.767. The lowest BCUT2D eigenvalue weighted by Gasteiger charge is -2.07. The Balaban J connectivity index is 2.60. The summed E-state index contributed by atoms with van der Waals surface area (Å²) in [6.45, 7) is 7.90. The first-order chi connectivity index (χ1) is 8.26. The van der Waals surface area contributed by atoms with E-state index in [1.165, 1.54) is 10.9 Å². The van der Waals surface area contributed by atoms with Crippen molar-refractivity contribution >= 4 is 27.6 Å². The second-order valence-electron chi connectivity index (χ2n) is 3.78. The fraction of sp³-hybridized carbons (Fsp3) is 0.133. The van der Waals surface area contributed by atoms with Crippen molar-refractivity contribution in [2.24, 2.45) is 0 Å². The zero-order chi connectivity index (χ0) is 12.3. The zero-order valence-electron chi connectivity index (χ0n) is 10.1. The van der Waals surface area contributed by atoms with Crippen molar-refractivity contribution in [1.82, 2.24) is 4.98 Å². The van der Waals surface area contributed by atoms with E-state index in [-0.39, 0.29) is 0 Å². The molecule has 2 aromatic rings. The van der Waals surface area contributed by atoms with Gasteiger partial charge in [-0.1, -0.05) is 42.6 Å². The van der Waals surface area contributed by atoms with E-state index in [0.717, 1.165) is 16.1 Å². The van der Waals surface area contributed by atoms with E-state index >= 15 is 0 Å². The predicted molar refractivity (Wildman–Crippen MR) is 77.9 cm³/mol. The maximum absolute atomic E-state index is 4.69. The van der Waals surface area contributed by atoms with Gasteiger partial charge >= 0.3 is 0 Å². The first kappa shape index (κ1) is 11.9. The highest BCUT2D eigenvalue weighted by atomic mass is 32.2. The topological polar surface area (TPSA) is 12.9 Å². The first-order valence-corrected chi connectivity index (χ1v) is 6.45. The number of nitrogens with zero attached hydrogens (tertiary/aromatic N) is 1. The molecular formula is C15H15NS. The third-order valence-corrected chi connectivity index (χ3v) is 3.51. The van der Waals surface area contributed by atoms with E-state index < -0.39 is 0 Å². The fourth-order valence-electron chi connectivity index (χ4n) is 1.84. The van der Waals surface area contributed by atoms with Crippen LogP contribution >= 0.6 is 11.8 Å². The van der Waals surface area contributed by atoms with E-state index in [9.17, 15) is 0 Å². The molecule has 1 aromatic carbocycles. The van der Waals surface area contributed by atoms with Crippen LogP contribution in [0.1, 0.15) is 18.2 Å². The van der Waals surface area contributed by atoms with Crippen LogP contribution in [0.3, 0.4) is 0 Å². The van der Waals surface area contributed by atoms with Crippen molar-refractivity contribution in [2.45, 2.75) is 13.8 Å². The maximum Gasteiger partial charge on any atom is 0.0775 e. The van der Waals surface area contributed by atoms with Crippen molar-refractivity contribution in [2.75, 3.05) is 0 Å². The number of hydrogen-bond acceptors (Lipinski definition) is 2. The van der Waals surface area contributed by atoms with Crippen molar-refractivity contribution in [3.05, 3.63) is 59.7 Å². The Hall–Kier alpha value is -1.54. The van der Waals surface area contributed by atoms with E-state index in [4.69, 9.17) is 0 Å². The molecule has 2 rings (SSSR count). The molecule has 0 bridgehead atoms. The Labute approximate surface area is 106 Å². The smallest absolute Gasteiger partial charge is 0.0775 e. The maximum atomic E-state index is 4.69. The highest BCUT2D eigenvalue weighted by Gasteiger charge is 2.05. The Morgan fingerprint density at radius 2 is 2.12 bits per heavy atom. The van der Waals surface area contributed by atoms with Crippen molar-refractivity contribution in [3.63, 3.8) is 0 Å². The monoisotopic (exact) mass is 241 g/mol. The zero-order valence-corrected chi connectivity index (χ0v) is 10.9. The summed E-state index contributed by atoms with van der Waals surface area (Å²) in [5.74, 6) is 0. The molecule has 0 amide bonds. The molecule has 0 saturated carbocycles. The van der Waals surface area contributed by atoms with Gasteiger partial charge in [0.1, 0.15) is 0 Å². The Morgan fingerprint density at radius 1 is 1.35 bits per heavy atom. The Bertz CT molecular complexity index is 584. The van der Waals surface area contributed by atoms with E-state index in [1.54, 1.807) is 11.8 Å². The minimum atomic E-state index is 1.02. The van der Waals surface area contributed by atoms with Crippen LogP contribution in [0.2, 0.25) is 0 Å². The summed E-state index contributed by atoms with van der Waals surface area (Å²) in [7, 11) is 0. The van der Waals surface area contributed by atoms with Crippen LogP contribution in [-0.2, 0) is 0 Å². The van der Waals surface area contributed by atoms with Crippen molar-refractivity contribution < 1.29 is 0 Å². The molecule has 0 aliphatic heterocycles. The Kier molecular flexibility index (Phi) is 3.64. The van der Waals surface area contributed by atoms with Crippen LogP contribution < -0.4 is 0 Å². The number of para-hydroxylation sites is 1. The van der Waals surface area contributed by atoms with Crippen LogP contribution in [0, 0.1) is 6.92 Å². The summed E-state index contributed by atoms with van der Waals surface area (Å²) >= 11 is 1.61. The summed E-state index contributed by atoms with van der Waals surface area (Å²) in [5, 5.41) is 3.05. The predicted octanol–water partition coefficient (Wildman–Crippen LogP) is 4.78. The molecule has 86 valence electrons. The van der Waals surface area contributed by atoms with Crippen molar-refractivity contribution in [1.29, 1.82) is 0 Å². The number of allylic oxidation sites excluding steroid dienone is 1. The molecule has 0 radical (unpaired) electrons. The van der Waals surface area contributed by atoms with Gasteiger partial charge in [-0.15, -0.1) is 0 Å². The molecule has 0 fully saturated rings. The third kappa shape index (κ3) is 2.42. The molecule has 0 unspecified atom stereocenters. The van der Waals surface area contributed by atoms with E-state index in [2.05, 4.69) is 42.8 Å². The van der Waals surface area contributed by atoms with Crippen LogP contribution in [-0.4, -0.2) is 4.98 Å².